The van der Waals surface area contributed by atoms with Gasteiger partial charge in [0.05, 0.1) is 11.3 Å². The summed E-state index contributed by atoms with van der Waals surface area (Å²) in [6.07, 6.45) is 4.87. The summed E-state index contributed by atoms with van der Waals surface area (Å²) >= 11 is 0. The predicted octanol–water partition coefficient (Wildman–Crippen LogP) is 4.11. The van der Waals surface area contributed by atoms with Crippen molar-refractivity contribution >= 4 is 11.9 Å². The molecule has 0 fully saturated rings. The number of nitrogens with zero attached hydrogens (tertiary/aromatic N) is 2. The summed E-state index contributed by atoms with van der Waals surface area (Å²) in [5.41, 5.74) is 2.38. The quantitative estimate of drug-likeness (QED) is 0.502. The number of carbonyl (C=O) groups is 1. The van der Waals surface area contributed by atoms with Crippen molar-refractivity contribution in [1.29, 1.82) is 0 Å². The smallest absolute Gasteiger partial charge is 0.189 e. The minimum Gasteiger partial charge on any atom is -0.485 e. The minimum absolute atomic E-state index is 0.0975. The normalized spacial score (nSPS) is 11.2. The fraction of sp³-hybridized carbons (Fsp3) is 0.200. The number of para-hydroxylation sites is 1. The fourth-order valence-corrected chi connectivity index (χ4v) is 2.52. The van der Waals surface area contributed by atoms with Gasteiger partial charge < -0.3 is 9.15 Å². The van der Waals surface area contributed by atoms with Crippen LogP contribution in [0, 0.1) is 13.8 Å². The number of aromatic nitrogens is 2. The van der Waals surface area contributed by atoms with E-state index in [0.717, 1.165) is 11.3 Å². The van der Waals surface area contributed by atoms with E-state index in [2.05, 4.69) is 5.10 Å². The molecule has 3 rings (SSSR count). The predicted molar refractivity (Wildman–Crippen MR) is 95.5 cm³/mol. The molecule has 0 spiro atoms. The van der Waals surface area contributed by atoms with Crippen LogP contribution in [0.3, 0.4) is 0 Å². The summed E-state index contributed by atoms with van der Waals surface area (Å²) in [5, 5.41) is 4.17. The lowest BCUT2D eigenvalue weighted by molar-refractivity contribution is 0.104. The van der Waals surface area contributed by atoms with Crippen molar-refractivity contribution < 1.29 is 13.9 Å². The van der Waals surface area contributed by atoms with Gasteiger partial charge in [-0.15, -0.1) is 0 Å². The van der Waals surface area contributed by atoms with Crippen LogP contribution in [0.2, 0.25) is 0 Å². The summed E-state index contributed by atoms with van der Waals surface area (Å²) in [6, 6.07) is 11.5. The molecule has 0 aliphatic carbocycles. The molecule has 0 aliphatic rings. The summed E-state index contributed by atoms with van der Waals surface area (Å²) in [7, 11) is 1.79. The van der Waals surface area contributed by atoms with Gasteiger partial charge in [-0.3, -0.25) is 9.48 Å². The van der Waals surface area contributed by atoms with Crippen molar-refractivity contribution in [3.05, 3.63) is 77.0 Å². The van der Waals surface area contributed by atoms with Crippen LogP contribution in [0.25, 0.3) is 6.08 Å². The van der Waals surface area contributed by atoms with Gasteiger partial charge in [-0.05, 0) is 49.8 Å². The van der Waals surface area contributed by atoms with Crippen LogP contribution in [-0.2, 0) is 13.7 Å². The van der Waals surface area contributed by atoms with E-state index in [9.17, 15) is 4.79 Å². The van der Waals surface area contributed by atoms with Gasteiger partial charge >= 0.3 is 0 Å². The number of ketones is 1. The molecule has 2 heterocycles. The maximum atomic E-state index is 12.2. The van der Waals surface area contributed by atoms with Crippen LogP contribution in [0.4, 0.5) is 0 Å². The molecule has 25 heavy (non-hydrogen) atoms. The second-order valence-corrected chi connectivity index (χ2v) is 5.86. The van der Waals surface area contributed by atoms with Crippen molar-refractivity contribution in [3.63, 3.8) is 0 Å². The lowest BCUT2D eigenvalue weighted by Crippen LogP contribution is -1.95. The Morgan fingerprint density at radius 1 is 1.24 bits per heavy atom. The highest BCUT2D eigenvalue weighted by molar-refractivity contribution is 6.07. The molecule has 3 aromatic rings. The van der Waals surface area contributed by atoms with E-state index in [4.69, 9.17) is 9.15 Å². The Kier molecular flexibility index (Phi) is 4.84. The molecule has 0 aliphatic heterocycles. The van der Waals surface area contributed by atoms with Crippen LogP contribution >= 0.6 is 0 Å². The standard InChI is InChI=1S/C20H20N2O3/c1-14-6-4-5-7-20(14)24-13-17-9-8-16(25-17)10-11-19(23)18-12-22(3)21-15(18)2/h4-12H,13H2,1-3H3/b11-10+. The van der Waals surface area contributed by atoms with Gasteiger partial charge in [0, 0.05) is 13.2 Å². The van der Waals surface area contributed by atoms with E-state index in [1.807, 2.05) is 50.2 Å². The number of ether oxygens (including phenoxy) is 1. The van der Waals surface area contributed by atoms with Gasteiger partial charge in [-0.2, -0.15) is 5.10 Å². The highest BCUT2D eigenvalue weighted by Crippen LogP contribution is 2.19. The number of furan rings is 1. The lowest BCUT2D eigenvalue weighted by Gasteiger charge is -2.06. The first-order valence-electron chi connectivity index (χ1n) is 8.03. The van der Waals surface area contributed by atoms with E-state index < -0.39 is 0 Å². The van der Waals surface area contributed by atoms with E-state index >= 15 is 0 Å². The molecule has 0 radical (unpaired) electrons. The topological polar surface area (TPSA) is 57.3 Å². The second kappa shape index (κ2) is 7.21. The van der Waals surface area contributed by atoms with Gasteiger partial charge in [0.25, 0.3) is 0 Å². The van der Waals surface area contributed by atoms with Crippen LogP contribution in [0.15, 0.2) is 53.1 Å². The molecule has 0 saturated heterocycles. The number of carbonyl (C=O) groups excluding carboxylic acids is 1. The highest BCUT2D eigenvalue weighted by atomic mass is 16.5. The molecule has 2 aromatic heterocycles. The van der Waals surface area contributed by atoms with Gasteiger partial charge in [0.15, 0.2) is 5.78 Å². The number of allylic oxidation sites excluding steroid dienone is 1. The molecule has 5 nitrogen and oxygen atoms in total. The van der Waals surface area contributed by atoms with Crippen molar-refractivity contribution in [2.45, 2.75) is 20.5 Å². The third-order valence-electron chi connectivity index (χ3n) is 3.82. The Morgan fingerprint density at radius 3 is 2.76 bits per heavy atom. The number of aryl methyl sites for hydroxylation is 3. The molecule has 5 heteroatoms. The maximum Gasteiger partial charge on any atom is 0.189 e. The zero-order valence-electron chi connectivity index (χ0n) is 14.5. The minimum atomic E-state index is -0.0975. The van der Waals surface area contributed by atoms with Gasteiger partial charge in [-0.25, -0.2) is 0 Å². The molecule has 0 N–H and O–H groups in total. The molecule has 0 bridgehead atoms. The van der Waals surface area contributed by atoms with Crippen molar-refractivity contribution in [3.8, 4) is 5.75 Å². The van der Waals surface area contributed by atoms with Crippen LogP contribution in [0.1, 0.15) is 33.1 Å². The number of rotatable bonds is 6. The van der Waals surface area contributed by atoms with Gasteiger partial charge in [0.2, 0.25) is 0 Å². The average molecular weight is 336 g/mol. The first kappa shape index (κ1) is 16.8. The number of hydrogen-bond acceptors (Lipinski definition) is 4. The first-order chi connectivity index (χ1) is 12.0. The zero-order chi connectivity index (χ0) is 17.8. The summed E-state index contributed by atoms with van der Waals surface area (Å²) in [6.45, 7) is 4.15. The number of hydrogen-bond donors (Lipinski definition) is 0. The van der Waals surface area contributed by atoms with Crippen molar-refractivity contribution in [2.24, 2.45) is 7.05 Å². The average Bonchev–Trinajstić information content (AvgIpc) is 3.18. The Balaban J connectivity index is 1.62. The molecule has 0 atom stereocenters. The molecule has 1 aromatic carbocycles. The molecule has 0 amide bonds. The molecule has 128 valence electrons. The van der Waals surface area contributed by atoms with E-state index in [0.29, 0.717) is 29.4 Å². The third kappa shape index (κ3) is 4.07. The summed E-state index contributed by atoms with van der Waals surface area (Å²) < 4.78 is 13.1. The second-order valence-electron chi connectivity index (χ2n) is 5.86. The lowest BCUT2D eigenvalue weighted by atomic mass is 10.1. The highest BCUT2D eigenvalue weighted by Gasteiger charge is 2.10. The largest absolute Gasteiger partial charge is 0.485 e. The van der Waals surface area contributed by atoms with E-state index in [1.165, 1.54) is 6.08 Å². The summed E-state index contributed by atoms with van der Waals surface area (Å²) in [4.78, 5) is 12.2. The number of benzene rings is 1. The van der Waals surface area contributed by atoms with Gasteiger partial charge in [-0.1, -0.05) is 18.2 Å². The van der Waals surface area contributed by atoms with Gasteiger partial charge in [0.1, 0.15) is 23.9 Å². The molecule has 0 saturated carbocycles. The van der Waals surface area contributed by atoms with Crippen LogP contribution in [-0.4, -0.2) is 15.6 Å². The van der Waals surface area contributed by atoms with E-state index in [1.54, 1.807) is 24.0 Å². The maximum absolute atomic E-state index is 12.2. The van der Waals surface area contributed by atoms with Crippen LogP contribution < -0.4 is 4.74 Å². The zero-order valence-corrected chi connectivity index (χ0v) is 14.5. The monoisotopic (exact) mass is 336 g/mol. The Bertz CT molecular complexity index is 919. The third-order valence-corrected chi connectivity index (χ3v) is 3.82. The SMILES string of the molecule is Cc1ccccc1OCc1ccc(/C=C/C(=O)c2cn(C)nc2C)o1. The van der Waals surface area contributed by atoms with Crippen LogP contribution in [0.5, 0.6) is 5.75 Å². The first-order valence-corrected chi connectivity index (χ1v) is 8.03. The van der Waals surface area contributed by atoms with Crippen molar-refractivity contribution in [2.75, 3.05) is 0 Å². The molecular formula is C20H20N2O3. The van der Waals surface area contributed by atoms with E-state index in [-0.39, 0.29) is 5.78 Å². The van der Waals surface area contributed by atoms with Crippen molar-refractivity contribution in [1.82, 2.24) is 9.78 Å². The Hall–Kier alpha value is -3.08. The Labute approximate surface area is 146 Å². The summed E-state index contributed by atoms with van der Waals surface area (Å²) in [5.74, 6) is 2.05. The fourth-order valence-electron chi connectivity index (χ4n) is 2.52. The molecular weight excluding hydrogens is 316 g/mol. The Morgan fingerprint density at radius 2 is 2.04 bits per heavy atom. The molecule has 0 unspecified atom stereocenters.